The van der Waals surface area contributed by atoms with Crippen LogP contribution in [0.5, 0.6) is 0 Å². The largest absolute Gasteiger partial charge is 0.378 e. The first-order valence-electron chi connectivity index (χ1n) is 12.4. The van der Waals surface area contributed by atoms with Crippen molar-refractivity contribution >= 4 is 23.2 Å². The highest BCUT2D eigenvalue weighted by atomic mass is 16.2. The van der Waals surface area contributed by atoms with Crippen molar-refractivity contribution < 1.29 is 9.59 Å². The van der Waals surface area contributed by atoms with E-state index < -0.39 is 6.04 Å². The molecule has 0 aliphatic heterocycles. The number of hydrogen-bond donors (Lipinski definition) is 1. The molecule has 4 aromatic carbocycles. The lowest BCUT2D eigenvalue weighted by Crippen LogP contribution is -2.41. The molecule has 0 fully saturated rings. The molecule has 1 atom stereocenters. The van der Waals surface area contributed by atoms with E-state index in [9.17, 15) is 9.59 Å². The minimum Gasteiger partial charge on any atom is -0.378 e. The predicted octanol–water partition coefficient (Wildman–Crippen LogP) is 6.01. The van der Waals surface area contributed by atoms with Gasteiger partial charge in [-0.15, -0.1) is 0 Å². The van der Waals surface area contributed by atoms with Crippen LogP contribution in [0, 0.1) is 6.92 Å². The van der Waals surface area contributed by atoms with Crippen molar-refractivity contribution in [1.29, 1.82) is 0 Å². The van der Waals surface area contributed by atoms with Gasteiger partial charge in [0, 0.05) is 32.0 Å². The van der Waals surface area contributed by atoms with Gasteiger partial charge in [-0.3, -0.25) is 9.59 Å². The third-order valence-corrected chi connectivity index (χ3v) is 6.32. The molecule has 1 N–H and O–H groups in total. The first kappa shape index (κ1) is 25.7. The van der Waals surface area contributed by atoms with E-state index in [0.29, 0.717) is 12.2 Å². The number of benzene rings is 4. The van der Waals surface area contributed by atoms with Crippen LogP contribution in [0.1, 0.15) is 28.3 Å². The van der Waals surface area contributed by atoms with Crippen LogP contribution in [0.3, 0.4) is 0 Å². The molecule has 0 aliphatic rings. The summed E-state index contributed by atoms with van der Waals surface area (Å²) in [6, 6.07) is 34.1. The number of nitrogens with zero attached hydrogens (tertiary/aromatic N) is 2. The molecule has 4 aromatic rings. The topological polar surface area (TPSA) is 52.7 Å². The molecule has 0 aliphatic carbocycles. The summed E-state index contributed by atoms with van der Waals surface area (Å²) in [4.78, 5) is 31.4. The van der Waals surface area contributed by atoms with Gasteiger partial charge < -0.3 is 15.1 Å². The van der Waals surface area contributed by atoms with E-state index in [1.54, 1.807) is 4.90 Å². The average Bonchev–Trinajstić information content (AvgIpc) is 2.91. The molecule has 5 heteroatoms. The Morgan fingerprint density at radius 1 is 0.730 bits per heavy atom. The molecule has 0 radical (unpaired) electrons. The second kappa shape index (κ2) is 12.0. The van der Waals surface area contributed by atoms with Gasteiger partial charge in [0.1, 0.15) is 6.04 Å². The molecular formula is C32H33N3O2. The predicted molar refractivity (Wildman–Crippen MR) is 150 cm³/mol. The number of hydrogen-bond acceptors (Lipinski definition) is 3. The highest BCUT2D eigenvalue weighted by Gasteiger charge is 2.31. The Morgan fingerprint density at radius 3 is 1.86 bits per heavy atom. The van der Waals surface area contributed by atoms with E-state index in [2.05, 4.69) is 5.32 Å². The molecule has 5 nitrogen and oxygen atoms in total. The molecule has 0 heterocycles. The van der Waals surface area contributed by atoms with E-state index >= 15 is 0 Å². The van der Waals surface area contributed by atoms with E-state index in [1.165, 1.54) is 0 Å². The average molecular weight is 492 g/mol. The zero-order valence-electron chi connectivity index (χ0n) is 21.6. The van der Waals surface area contributed by atoms with Gasteiger partial charge in [0.25, 0.3) is 5.91 Å². The molecule has 37 heavy (non-hydrogen) atoms. The number of amides is 2. The lowest BCUT2D eigenvalue weighted by Gasteiger charge is -2.32. The van der Waals surface area contributed by atoms with E-state index in [0.717, 1.165) is 27.9 Å². The smallest absolute Gasteiger partial charge is 0.251 e. The van der Waals surface area contributed by atoms with Crippen molar-refractivity contribution in [3.63, 3.8) is 0 Å². The van der Waals surface area contributed by atoms with Gasteiger partial charge in [0.2, 0.25) is 5.91 Å². The van der Waals surface area contributed by atoms with Crippen molar-refractivity contribution in [1.82, 2.24) is 4.90 Å². The minimum atomic E-state index is -0.800. The molecule has 1 unspecified atom stereocenters. The maximum absolute atomic E-state index is 13.9. The fourth-order valence-corrected chi connectivity index (χ4v) is 4.25. The van der Waals surface area contributed by atoms with Crippen LogP contribution in [-0.4, -0.2) is 30.8 Å². The number of nitrogens with one attached hydrogen (secondary N) is 1. The molecule has 0 saturated heterocycles. The molecule has 0 spiro atoms. The Bertz CT molecular complexity index is 1300. The fraction of sp³-hybridized carbons (Fsp3) is 0.188. The van der Waals surface area contributed by atoms with Crippen LogP contribution >= 0.6 is 0 Å². The van der Waals surface area contributed by atoms with E-state index in [1.807, 2.05) is 135 Å². The zero-order valence-corrected chi connectivity index (χ0v) is 21.6. The highest BCUT2D eigenvalue weighted by Crippen LogP contribution is 2.27. The monoisotopic (exact) mass is 491 g/mol. The minimum absolute atomic E-state index is 0.112. The van der Waals surface area contributed by atoms with Crippen molar-refractivity contribution in [2.24, 2.45) is 0 Å². The zero-order chi connectivity index (χ0) is 26.2. The van der Waals surface area contributed by atoms with Crippen molar-refractivity contribution in [3.8, 4) is 0 Å². The Kier molecular flexibility index (Phi) is 8.37. The summed E-state index contributed by atoms with van der Waals surface area (Å²) in [6.07, 6.45) is 0.209. The molecule has 4 rings (SSSR count). The number of carbonyl (C=O) groups excluding carboxylic acids is 2. The van der Waals surface area contributed by atoms with E-state index in [4.69, 9.17) is 0 Å². The van der Waals surface area contributed by atoms with Gasteiger partial charge in [0.15, 0.2) is 0 Å². The summed E-state index contributed by atoms with van der Waals surface area (Å²) in [6.45, 7) is 2.32. The molecule has 2 amide bonds. The van der Waals surface area contributed by atoms with Crippen molar-refractivity contribution in [3.05, 3.63) is 131 Å². The lowest BCUT2D eigenvalue weighted by atomic mass is 10.00. The number of carbonyl (C=O) groups is 2. The molecular weight excluding hydrogens is 458 g/mol. The van der Waals surface area contributed by atoms with Gasteiger partial charge >= 0.3 is 0 Å². The van der Waals surface area contributed by atoms with Gasteiger partial charge in [-0.1, -0.05) is 90.5 Å². The summed E-state index contributed by atoms with van der Waals surface area (Å²) in [5.74, 6) is -0.363. The standard InChI is InChI=1S/C32H33N3O2/c1-24-14-16-27(17-15-24)31(32(37)33-28-18-20-29(21-19-28)34(2)3)35(23-26-12-8-5-9-13-26)30(36)22-25-10-6-4-7-11-25/h4-21,31H,22-23H2,1-3H3,(H,33,37). The maximum atomic E-state index is 13.9. The van der Waals surface area contributed by atoms with Gasteiger partial charge in [-0.25, -0.2) is 0 Å². The number of rotatable bonds is 9. The van der Waals surface area contributed by atoms with Crippen LogP contribution in [0.2, 0.25) is 0 Å². The van der Waals surface area contributed by atoms with Crippen LogP contribution in [-0.2, 0) is 22.6 Å². The third-order valence-electron chi connectivity index (χ3n) is 6.32. The fourth-order valence-electron chi connectivity index (χ4n) is 4.25. The summed E-state index contributed by atoms with van der Waals surface area (Å²) < 4.78 is 0. The first-order valence-corrected chi connectivity index (χ1v) is 12.4. The molecule has 0 bridgehead atoms. The van der Waals surface area contributed by atoms with Crippen LogP contribution in [0.4, 0.5) is 11.4 Å². The summed E-state index contributed by atoms with van der Waals surface area (Å²) in [5, 5.41) is 3.05. The van der Waals surface area contributed by atoms with Crippen molar-refractivity contribution in [2.45, 2.75) is 25.9 Å². The lowest BCUT2D eigenvalue weighted by molar-refractivity contribution is -0.139. The summed E-state index contributed by atoms with van der Waals surface area (Å²) in [7, 11) is 3.95. The third kappa shape index (κ3) is 6.85. The van der Waals surface area contributed by atoms with Crippen LogP contribution in [0.15, 0.2) is 109 Å². The Morgan fingerprint density at radius 2 is 1.30 bits per heavy atom. The Balaban J connectivity index is 1.71. The molecule has 188 valence electrons. The summed E-state index contributed by atoms with van der Waals surface area (Å²) >= 11 is 0. The van der Waals surface area contributed by atoms with Crippen LogP contribution in [0.25, 0.3) is 0 Å². The van der Waals surface area contributed by atoms with Gasteiger partial charge in [-0.2, -0.15) is 0 Å². The Hall–Kier alpha value is -4.38. The first-order chi connectivity index (χ1) is 17.9. The van der Waals surface area contributed by atoms with Crippen LogP contribution < -0.4 is 10.2 Å². The number of aryl methyl sites for hydroxylation is 1. The Labute approximate surface area is 219 Å². The van der Waals surface area contributed by atoms with Crippen molar-refractivity contribution in [2.75, 3.05) is 24.3 Å². The summed E-state index contributed by atoms with van der Waals surface area (Å²) in [5.41, 5.74) is 5.45. The SMILES string of the molecule is Cc1ccc(C(C(=O)Nc2ccc(N(C)C)cc2)N(Cc2ccccc2)C(=O)Cc2ccccc2)cc1. The second-order valence-corrected chi connectivity index (χ2v) is 9.41. The maximum Gasteiger partial charge on any atom is 0.251 e. The van der Waals surface area contributed by atoms with Gasteiger partial charge in [-0.05, 0) is 47.9 Å². The normalized spacial score (nSPS) is 11.4. The van der Waals surface area contributed by atoms with E-state index in [-0.39, 0.29) is 18.2 Å². The van der Waals surface area contributed by atoms with Gasteiger partial charge in [0.05, 0.1) is 6.42 Å². The molecule has 0 saturated carbocycles. The highest BCUT2D eigenvalue weighted by molar-refractivity contribution is 5.98. The second-order valence-electron chi connectivity index (χ2n) is 9.41. The quantitative estimate of drug-likeness (QED) is 0.312. The molecule has 0 aromatic heterocycles. The number of anilines is 2.